The number of H-pyrrole nitrogens is 1. The molecule has 29 heavy (non-hydrogen) atoms. The third kappa shape index (κ3) is 3.41. The lowest BCUT2D eigenvalue weighted by Gasteiger charge is -2.30. The minimum absolute atomic E-state index is 0.0399. The number of rotatable bonds is 4. The molecule has 2 aromatic carbocycles. The predicted octanol–water partition coefficient (Wildman–Crippen LogP) is 3.74. The number of fused-ring (bicyclic) bond motifs is 2. The van der Waals surface area contributed by atoms with Gasteiger partial charge in [0.05, 0.1) is 12.4 Å². The maximum atomic E-state index is 12.9. The molecule has 146 valence electrons. The second kappa shape index (κ2) is 7.58. The average Bonchev–Trinajstić information content (AvgIpc) is 3.18. The van der Waals surface area contributed by atoms with E-state index in [1.54, 1.807) is 11.3 Å². The van der Waals surface area contributed by atoms with Gasteiger partial charge in [0.1, 0.15) is 17.4 Å². The van der Waals surface area contributed by atoms with Crippen molar-refractivity contribution in [1.82, 2.24) is 9.97 Å². The van der Waals surface area contributed by atoms with Crippen LogP contribution < -0.4 is 10.5 Å². The molecule has 1 aliphatic carbocycles. The van der Waals surface area contributed by atoms with E-state index in [0.29, 0.717) is 18.0 Å². The first-order chi connectivity index (χ1) is 14.2. The molecule has 2 N–H and O–H groups in total. The van der Waals surface area contributed by atoms with E-state index in [4.69, 9.17) is 4.98 Å². The summed E-state index contributed by atoms with van der Waals surface area (Å²) < 4.78 is 0. The van der Waals surface area contributed by atoms with Gasteiger partial charge in [-0.2, -0.15) is 0 Å². The Hall–Kier alpha value is -2.76. The van der Waals surface area contributed by atoms with Crippen LogP contribution >= 0.6 is 11.3 Å². The number of aromatic nitrogens is 2. The Morgan fingerprint density at radius 2 is 1.93 bits per heavy atom. The summed E-state index contributed by atoms with van der Waals surface area (Å²) in [4.78, 5) is 23.0. The molecule has 5 rings (SSSR count). The summed E-state index contributed by atoms with van der Waals surface area (Å²) in [6, 6.07) is 19.3. The third-order valence-corrected chi connectivity index (χ3v) is 6.86. The van der Waals surface area contributed by atoms with Crippen molar-refractivity contribution >= 4 is 21.6 Å². The second-order valence-electron chi connectivity index (χ2n) is 7.87. The van der Waals surface area contributed by atoms with Gasteiger partial charge in [-0.3, -0.25) is 4.79 Å². The van der Waals surface area contributed by atoms with E-state index in [1.807, 2.05) is 35.7 Å². The summed E-state index contributed by atoms with van der Waals surface area (Å²) >= 11 is 1.55. The number of benzene rings is 2. The molecule has 2 heterocycles. The van der Waals surface area contributed by atoms with Gasteiger partial charge in [0.15, 0.2) is 5.82 Å². The normalized spacial score (nSPS) is 17.2. The van der Waals surface area contributed by atoms with Crippen molar-refractivity contribution in [3.63, 3.8) is 0 Å². The highest BCUT2D eigenvalue weighted by Gasteiger charge is 2.27. The van der Waals surface area contributed by atoms with Gasteiger partial charge in [0.2, 0.25) is 0 Å². The van der Waals surface area contributed by atoms with Gasteiger partial charge in [-0.1, -0.05) is 54.6 Å². The first kappa shape index (κ1) is 18.3. The highest BCUT2D eigenvalue weighted by atomic mass is 32.1. The minimum atomic E-state index is -0.0399. The number of hydrogen-bond acceptors (Lipinski definition) is 3. The zero-order valence-corrected chi connectivity index (χ0v) is 17.3. The van der Waals surface area contributed by atoms with Gasteiger partial charge in [-0.15, -0.1) is 11.3 Å². The smallest absolute Gasteiger partial charge is 0.260 e. The van der Waals surface area contributed by atoms with Crippen molar-refractivity contribution in [2.45, 2.75) is 31.8 Å². The van der Waals surface area contributed by atoms with E-state index < -0.39 is 0 Å². The summed E-state index contributed by atoms with van der Waals surface area (Å²) in [5.74, 6) is 0.768. The Morgan fingerprint density at radius 3 is 2.79 bits per heavy atom. The zero-order valence-electron chi connectivity index (χ0n) is 16.4. The van der Waals surface area contributed by atoms with Gasteiger partial charge < -0.3 is 9.88 Å². The fourth-order valence-corrected chi connectivity index (χ4v) is 5.53. The van der Waals surface area contributed by atoms with Crippen LogP contribution in [-0.4, -0.2) is 17.0 Å². The fraction of sp³-hybridized carbons (Fsp3) is 0.250. The largest absolute Gasteiger partial charge is 0.325 e. The molecule has 5 heteroatoms. The Bertz CT molecular complexity index is 1210. The van der Waals surface area contributed by atoms with Crippen molar-refractivity contribution in [1.29, 1.82) is 0 Å². The Morgan fingerprint density at radius 1 is 1.14 bits per heavy atom. The molecule has 2 aromatic heterocycles. The van der Waals surface area contributed by atoms with Crippen molar-refractivity contribution in [3.05, 3.63) is 87.3 Å². The third-order valence-electron chi connectivity index (χ3n) is 5.99. The summed E-state index contributed by atoms with van der Waals surface area (Å²) in [6.07, 6.45) is 3.55. The lowest BCUT2D eigenvalue weighted by Crippen LogP contribution is -3.08. The molecule has 0 saturated heterocycles. The molecule has 0 aliphatic heterocycles. The number of thiophene rings is 1. The molecule has 2 atom stereocenters. The Kier molecular flexibility index (Phi) is 4.78. The first-order valence-electron chi connectivity index (χ1n) is 10.2. The highest BCUT2D eigenvalue weighted by Crippen LogP contribution is 2.30. The van der Waals surface area contributed by atoms with Crippen molar-refractivity contribution in [2.24, 2.45) is 0 Å². The summed E-state index contributed by atoms with van der Waals surface area (Å²) in [7, 11) is 2.21. The summed E-state index contributed by atoms with van der Waals surface area (Å²) in [5.41, 5.74) is 4.89. The Balaban J connectivity index is 1.46. The SMILES string of the molecule is C[NH+](Cc1nc2scc(-c3ccccc3)c2c(=O)[nH]1)[C@@H]1CCCc2ccccc21. The number of nitrogens with one attached hydrogen (secondary N) is 2. The van der Waals surface area contributed by atoms with E-state index in [1.165, 1.54) is 35.3 Å². The topological polar surface area (TPSA) is 50.2 Å². The minimum Gasteiger partial charge on any atom is -0.325 e. The molecule has 0 fully saturated rings. The van der Waals surface area contributed by atoms with E-state index in [2.05, 4.69) is 36.3 Å². The van der Waals surface area contributed by atoms with Crippen LogP contribution in [0.15, 0.2) is 64.8 Å². The number of aromatic amines is 1. The van der Waals surface area contributed by atoms with Crippen LogP contribution in [0.3, 0.4) is 0 Å². The van der Waals surface area contributed by atoms with Crippen molar-refractivity contribution in [2.75, 3.05) is 7.05 Å². The predicted molar refractivity (Wildman–Crippen MR) is 118 cm³/mol. The number of aryl methyl sites for hydroxylation is 1. The van der Waals surface area contributed by atoms with E-state index in [0.717, 1.165) is 21.8 Å². The molecule has 0 radical (unpaired) electrons. The number of nitrogens with zero attached hydrogens (tertiary/aromatic N) is 1. The fourth-order valence-electron chi connectivity index (χ4n) is 4.56. The van der Waals surface area contributed by atoms with Crippen LogP contribution in [-0.2, 0) is 13.0 Å². The Labute approximate surface area is 173 Å². The van der Waals surface area contributed by atoms with E-state index >= 15 is 0 Å². The van der Waals surface area contributed by atoms with Gasteiger partial charge in [-0.05, 0) is 24.0 Å². The van der Waals surface area contributed by atoms with Gasteiger partial charge in [0, 0.05) is 22.9 Å². The van der Waals surface area contributed by atoms with Crippen LogP contribution in [0, 0.1) is 0 Å². The van der Waals surface area contributed by atoms with E-state index in [-0.39, 0.29) is 5.56 Å². The van der Waals surface area contributed by atoms with Gasteiger partial charge >= 0.3 is 0 Å². The molecule has 0 amide bonds. The van der Waals surface area contributed by atoms with Gasteiger partial charge in [-0.25, -0.2) is 4.98 Å². The monoisotopic (exact) mass is 402 g/mol. The van der Waals surface area contributed by atoms with Crippen molar-refractivity contribution in [3.8, 4) is 11.1 Å². The second-order valence-corrected chi connectivity index (χ2v) is 8.73. The van der Waals surface area contributed by atoms with Crippen LogP contribution in [0.2, 0.25) is 0 Å². The first-order valence-corrected chi connectivity index (χ1v) is 11.0. The van der Waals surface area contributed by atoms with Gasteiger partial charge in [0.25, 0.3) is 5.56 Å². The van der Waals surface area contributed by atoms with Crippen molar-refractivity contribution < 1.29 is 4.90 Å². The lowest BCUT2D eigenvalue weighted by atomic mass is 9.87. The van der Waals surface area contributed by atoms with Crippen LogP contribution in [0.5, 0.6) is 0 Å². The molecule has 0 spiro atoms. The number of quaternary nitrogens is 1. The molecule has 0 bridgehead atoms. The van der Waals surface area contributed by atoms with Crippen LogP contribution in [0.1, 0.15) is 35.8 Å². The highest BCUT2D eigenvalue weighted by molar-refractivity contribution is 7.17. The van der Waals surface area contributed by atoms with E-state index in [9.17, 15) is 4.79 Å². The molecule has 1 aliphatic rings. The summed E-state index contributed by atoms with van der Waals surface area (Å²) in [6.45, 7) is 0.711. The maximum absolute atomic E-state index is 12.9. The molecule has 4 aromatic rings. The quantitative estimate of drug-likeness (QED) is 0.546. The maximum Gasteiger partial charge on any atom is 0.260 e. The van der Waals surface area contributed by atoms with Crippen LogP contribution in [0.25, 0.3) is 21.3 Å². The zero-order chi connectivity index (χ0) is 19.8. The molecule has 4 nitrogen and oxygen atoms in total. The molecule has 0 saturated carbocycles. The lowest BCUT2D eigenvalue weighted by molar-refractivity contribution is -0.927. The summed E-state index contributed by atoms with van der Waals surface area (Å²) in [5, 5.41) is 2.74. The molecular formula is C24H24N3OS+. The standard InChI is InChI=1S/C24H23N3OS/c1-27(20-13-7-11-16-10-5-6-12-18(16)20)14-21-25-23(28)22-19(15-29-24(22)26-21)17-8-3-2-4-9-17/h2-6,8-10,12,15,20H,7,11,13-14H2,1H3,(H,25,26,28)/p+1/t20-/m1/s1. The molecule has 1 unspecified atom stereocenters. The number of hydrogen-bond donors (Lipinski definition) is 2. The molecular weight excluding hydrogens is 378 g/mol. The van der Waals surface area contributed by atoms with Crippen LogP contribution in [0.4, 0.5) is 0 Å². The average molecular weight is 403 g/mol.